The van der Waals surface area contributed by atoms with E-state index in [1.54, 1.807) is 0 Å². The molecule has 3 aliphatic carbocycles. The number of hydrogen-bond donors (Lipinski definition) is 2. The molecule has 0 saturated heterocycles. The Morgan fingerprint density at radius 3 is 2.67 bits per heavy atom. The van der Waals surface area contributed by atoms with Crippen molar-refractivity contribution in [3.63, 3.8) is 0 Å². The van der Waals surface area contributed by atoms with Crippen molar-refractivity contribution in [2.45, 2.75) is 64.4 Å². The molecule has 0 amide bonds. The summed E-state index contributed by atoms with van der Waals surface area (Å²) in [6.07, 6.45) is 7.12. The summed E-state index contributed by atoms with van der Waals surface area (Å²) in [5, 5.41) is 20.6. The number of aryl methyl sites for hydroxylation is 1. The molecule has 0 radical (unpaired) electrons. The highest BCUT2D eigenvalue weighted by Crippen LogP contribution is 2.66. The van der Waals surface area contributed by atoms with Gasteiger partial charge in [0.25, 0.3) is 0 Å². The third-order valence-corrected chi connectivity index (χ3v) is 7.99. The van der Waals surface area contributed by atoms with Gasteiger partial charge < -0.3 is 14.6 Å². The molecular formula is C20H28O4. The van der Waals surface area contributed by atoms with Crippen LogP contribution >= 0.6 is 0 Å². The molecular weight excluding hydrogens is 304 g/mol. The summed E-state index contributed by atoms with van der Waals surface area (Å²) in [4.78, 5) is 12.6. The molecule has 1 heterocycles. The zero-order chi connectivity index (χ0) is 17.3. The number of aliphatic hydroxyl groups excluding tert-OH is 2. The first kappa shape index (κ1) is 16.3. The lowest BCUT2D eigenvalue weighted by molar-refractivity contribution is -0.186. The van der Waals surface area contributed by atoms with Crippen LogP contribution in [0.1, 0.15) is 57.6 Å². The van der Waals surface area contributed by atoms with E-state index in [-0.39, 0.29) is 29.1 Å². The number of carbonyl (C=O) groups excluding carboxylic acids is 1. The monoisotopic (exact) mass is 332 g/mol. The van der Waals surface area contributed by atoms with Gasteiger partial charge in [-0.3, -0.25) is 4.79 Å². The van der Waals surface area contributed by atoms with Crippen molar-refractivity contribution in [3.8, 4) is 0 Å². The van der Waals surface area contributed by atoms with Crippen LogP contribution in [-0.2, 0) is 16.6 Å². The second-order valence-corrected chi connectivity index (χ2v) is 9.13. The van der Waals surface area contributed by atoms with Gasteiger partial charge in [-0.1, -0.05) is 20.8 Å². The number of furan rings is 1. The largest absolute Gasteiger partial charge is 0.472 e. The van der Waals surface area contributed by atoms with Crippen LogP contribution < -0.4 is 0 Å². The number of Topliss-reactive ketones (excluding diaryl/α,β-unsaturated/α-hetero) is 1. The highest BCUT2D eigenvalue weighted by Gasteiger charge is 2.64. The molecule has 4 nitrogen and oxygen atoms in total. The Labute approximate surface area is 143 Å². The average molecular weight is 332 g/mol. The molecule has 1 aromatic rings. The fourth-order valence-corrected chi connectivity index (χ4v) is 6.76. The Hall–Kier alpha value is -1.13. The maximum Gasteiger partial charge on any atom is 0.162 e. The van der Waals surface area contributed by atoms with E-state index < -0.39 is 11.5 Å². The Balaban J connectivity index is 1.82. The van der Waals surface area contributed by atoms with Crippen LogP contribution in [0.4, 0.5) is 0 Å². The normalized spacial score (nSPS) is 47.7. The highest BCUT2D eigenvalue weighted by molar-refractivity contribution is 5.85. The van der Waals surface area contributed by atoms with Gasteiger partial charge >= 0.3 is 0 Å². The zero-order valence-electron chi connectivity index (χ0n) is 14.8. The van der Waals surface area contributed by atoms with Crippen LogP contribution in [-0.4, -0.2) is 28.7 Å². The molecule has 24 heavy (non-hydrogen) atoms. The third kappa shape index (κ3) is 1.79. The van der Waals surface area contributed by atoms with Gasteiger partial charge in [0.15, 0.2) is 5.78 Å². The van der Waals surface area contributed by atoms with Gasteiger partial charge in [-0.25, -0.2) is 0 Å². The van der Waals surface area contributed by atoms with Crippen molar-refractivity contribution in [1.29, 1.82) is 0 Å². The fourth-order valence-electron chi connectivity index (χ4n) is 6.76. The number of ketones is 1. The summed E-state index contributed by atoms with van der Waals surface area (Å²) in [6.45, 7) is 6.30. The first-order chi connectivity index (χ1) is 11.3. The number of carbonyl (C=O) groups is 1. The van der Waals surface area contributed by atoms with Crippen molar-refractivity contribution < 1.29 is 19.4 Å². The zero-order valence-corrected chi connectivity index (χ0v) is 14.8. The topological polar surface area (TPSA) is 70.7 Å². The maximum atomic E-state index is 12.6. The highest BCUT2D eigenvalue weighted by atomic mass is 16.3. The number of aliphatic hydroxyl groups is 2. The van der Waals surface area contributed by atoms with Gasteiger partial charge in [0.1, 0.15) is 6.10 Å². The molecule has 6 atom stereocenters. The first-order valence-electron chi connectivity index (χ1n) is 9.14. The summed E-state index contributed by atoms with van der Waals surface area (Å²) in [5.74, 6) is 0.429. The maximum absolute atomic E-state index is 12.6. The van der Waals surface area contributed by atoms with Crippen LogP contribution in [0, 0.1) is 22.7 Å². The predicted molar refractivity (Wildman–Crippen MR) is 89.5 cm³/mol. The first-order valence-corrected chi connectivity index (χ1v) is 9.14. The standard InChI is InChI=1S/C20H28O4/c1-18-7-6-16-19(2,8-14(22)17(23)20(16,3)11-21)15(18)5-4-12-9-24-10-13(12)18/h9-10,15-17,21,23H,4-8,11H2,1-3H3/t15?,16?,17-,18+,19-,20-/m1/s1. The minimum Gasteiger partial charge on any atom is -0.472 e. The second kappa shape index (κ2) is 4.95. The molecule has 3 aliphatic rings. The molecule has 2 N–H and O–H groups in total. The average Bonchev–Trinajstić information content (AvgIpc) is 3.02. The molecule has 0 aromatic carbocycles. The molecule has 2 fully saturated rings. The SMILES string of the molecule is C[C@]12CC(=O)[C@@H](O)[C@](C)(CO)C1CC[C@@]1(C)c3cocc3CCC21. The Morgan fingerprint density at radius 1 is 1.21 bits per heavy atom. The van der Waals surface area contributed by atoms with E-state index in [0.717, 1.165) is 25.7 Å². The van der Waals surface area contributed by atoms with E-state index >= 15 is 0 Å². The van der Waals surface area contributed by atoms with Crippen molar-refractivity contribution in [1.82, 2.24) is 0 Å². The van der Waals surface area contributed by atoms with Crippen LogP contribution in [0.2, 0.25) is 0 Å². The minimum atomic E-state index is -1.04. The Kier molecular flexibility index (Phi) is 3.37. The number of fused-ring (bicyclic) bond motifs is 5. The van der Waals surface area contributed by atoms with E-state index in [9.17, 15) is 15.0 Å². The molecule has 4 rings (SSSR count). The van der Waals surface area contributed by atoms with Crippen LogP contribution in [0.5, 0.6) is 0 Å². The van der Waals surface area contributed by atoms with E-state index in [1.165, 1.54) is 11.1 Å². The lowest BCUT2D eigenvalue weighted by Gasteiger charge is -2.64. The molecule has 0 aliphatic heterocycles. The van der Waals surface area contributed by atoms with Gasteiger partial charge in [-0.2, -0.15) is 0 Å². The van der Waals surface area contributed by atoms with Gasteiger partial charge in [0, 0.05) is 11.8 Å². The molecule has 2 saturated carbocycles. The van der Waals surface area contributed by atoms with Crippen molar-refractivity contribution in [3.05, 3.63) is 23.7 Å². The van der Waals surface area contributed by atoms with E-state index in [1.807, 2.05) is 19.5 Å². The lowest BCUT2D eigenvalue weighted by Crippen LogP contribution is -2.64. The van der Waals surface area contributed by atoms with Crippen LogP contribution in [0.25, 0.3) is 0 Å². The second-order valence-electron chi connectivity index (χ2n) is 9.13. The van der Waals surface area contributed by atoms with Gasteiger partial charge in [-0.05, 0) is 59.5 Å². The van der Waals surface area contributed by atoms with E-state index in [4.69, 9.17) is 4.42 Å². The van der Waals surface area contributed by atoms with Gasteiger partial charge in [0.2, 0.25) is 0 Å². The van der Waals surface area contributed by atoms with Crippen molar-refractivity contribution in [2.75, 3.05) is 6.61 Å². The predicted octanol–water partition coefficient (Wildman–Crippen LogP) is 2.85. The molecule has 0 bridgehead atoms. The number of rotatable bonds is 1. The third-order valence-electron chi connectivity index (χ3n) is 7.99. The van der Waals surface area contributed by atoms with Crippen molar-refractivity contribution >= 4 is 5.78 Å². The molecule has 132 valence electrons. The molecule has 4 heteroatoms. The summed E-state index contributed by atoms with van der Waals surface area (Å²) < 4.78 is 5.50. The summed E-state index contributed by atoms with van der Waals surface area (Å²) in [5.41, 5.74) is 1.72. The summed E-state index contributed by atoms with van der Waals surface area (Å²) in [7, 11) is 0. The Bertz CT molecular complexity index is 679. The summed E-state index contributed by atoms with van der Waals surface area (Å²) >= 11 is 0. The van der Waals surface area contributed by atoms with E-state index in [2.05, 4.69) is 13.8 Å². The van der Waals surface area contributed by atoms with Gasteiger partial charge in [-0.15, -0.1) is 0 Å². The van der Waals surface area contributed by atoms with Crippen molar-refractivity contribution in [2.24, 2.45) is 22.7 Å². The molecule has 1 aromatic heterocycles. The summed E-state index contributed by atoms with van der Waals surface area (Å²) in [6, 6.07) is 0. The fraction of sp³-hybridized carbons (Fsp3) is 0.750. The van der Waals surface area contributed by atoms with Gasteiger partial charge in [0.05, 0.1) is 19.1 Å². The Morgan fingerprint density at radius 2 is 1.96 bits per heavy atom. The minimum absolute atomic E-state index is 0.0186. The molecule has 0 spiro atoms. The quantitative estimate of drug-likeness (QED) is 0.829. The number of hydrogen-bond acceptors (Lipinski definition) is 4. The van der Waals surface area contributed by atoms with Crippen LogP contribution in [0.15, 0.2) is 16.9 Å². The molecule has 2 unspecified atom stereocenters. The van der Waals surface area contributed by atoms with Crippen LogP contribution in [0.3, 0.4) is 0 Å². The lowest BCUT2D eigenvalue weighted by atomic mass is 9.40. The smallest absolute Gasteiger partial charge is 0.162 e. The van der Waals surface area contributed by atoms with E-state index in [0.29, 0.717) is 12.3 Å².